The van der Waals surface area contributed by atoms with Gasteiger partial charge in [0.05, 0.1) is 0 Å². The highest BCUT2D eigenvalue weighted by Gasteiger charge is 2.33. The van der Waals surface area contributed by atoms with Gasteiger partial charge in [0.25, 0.3) is 0 Å². The lowest BCUT2D eigenvalue weighted by Gasteiger charge is -2.38. The summed E-state index contributed by atoms with van der Waals surface area (Å²) in [4.78, 5) is 2.80. The first-order chi connectivity index (χ1) is 9.88. The van der Waals surface area contributed by atoms with Gasteiger partial charge in [-0.25, -0.2) is 0 Å². The molecule has 1 atom stereocenters. The zero-order chi connectivity index (χ0) is 13.8. The Labute approximate surface area is 123 Å². The normalized spacial score (nSPS) is 31.6. The summed E-state index contributed by atoms with van der Waals surface area (Å²) in [6.45, 7) is 4.64. The van der Waals surface area contributed by atoms with Crippen LogP contribution >= 0.6 is 0 Å². The van der Waals surface area contributed by atoms with E-state index < -0.39 is 0 Å². The maximum Gasteiger partial charge on any atom is 0.0351 e. The van der Waals surface area contributed by atoms with Crippen molar-refractivity contribution in [2.45, 2.75) is 63.6 Å². The van der Waals surface area contributed by atoms with Crippen LogP contribution in [0, 0.1) is 0 Å². The van der Waals surface area contributed by atoms with Gasteiger partial charge in [-0.2, -0.15) is 0 Å². The molecule has 1 saturated heterocycles. The average Bonchev–Trinajstić information content (AvgIpc) is 2.99. The van der Waals surface area contributed by atoms with Gasteiger partial charge in [-0.05, 0) is 57.2 Å². The third-order valence-electron chi connectivity index (χ3n) is 5.14. The van der Waals surface area contributed by atoms with Crippen LogP contribution in [-0.4, -0.2) is 30.1 Å². The van der Waals surface area contributed by atoms with Crippen LogP contribution < -0.4 is 5.32 Å². The van der Waals surface area contributed by atoms with E-state index in [-0.39, 0.29) is 0 Å². The molecule has 2 nitrogen and oxygen atoms in total. The lowest BCUT2D eigenvalue weighted by Crippen LogP contribution is -2.42. The molecule has 2 fully saturated rings. The van der Waals surface area contributed by atoms with Crippen molar-refractivity contribution < 1.29 is 0 Å². The Morgan fingerprint density at radius 3 is 2.50 bits per heavy atom. The Morgan fingerprint density at radius 2 is 1.80 bits per heavy atom. The minimum absolute atomic E-state index is 0.678. The third kappa shape index (κ3) is 3.07. The smallest absolute Gasteiger partial charge is 0.0351 e. The molecule has 0 spiro atoms. The molecule has 0 bridgehead atoms. The largest absolute Gasteiger partial charge is 0.314 e. The Hall–Kier alpha value is -0.860. The number of hydrogen-bond donors (Lipinski definition) is 1. The monoisotopic (exact) mass is 272 g/mol. The minimum Gasteiger partial charge on any atom is -0.314 e. The first-order valence-corrected chi connectivity index (χ1v) is 8.42. The zero-order valence-electron chi connectivity index (χ0n) is 12.7. The summed E-state index contributed by atoms with van der Waals surface area (Å²) >= 11 is 0. The molecule has 1 N–H and O–H groups in total. The maximum absolute atomic E-state index is 3.62. The molecule has 110 valence electrons. The Bertz CT molecular complexity index is 395. The van der Waals surface area contributed by atoms with Crippen molar-refractivity contribution in [3.8, 4) is 0 Å². The molecule has 1 aromatic carbocycles. The fourth-order valence-corrected chi connectivity index (χ4v) is 4.16. The summed E-state index contributed by atoms with van der Waals surface area (Å²) in [5.74, 6) is 0. The molecule has 0 aromatic heterocycles. The van der Waals surface area contributed by atoms with E-state index >= 15 is 0 Å². The van der Waals surface area contributed by atoms with E-state index in [2.05, 4.69) is 47.5 Å². The van der Waals surface area contributed by atoms with E-state index in [0.717, 1.165) is 18.6 Å². The van der Waals surface area contributed by atoms with Gasteiger partial charge >= 0.3 is 0 Å². The molecule has 1 heterocycles. The number of nitrogens with one attached hydrogen (secondary N) is 1. The highest BCUT2D eigenvalue weighted by molar-refractivity contribution is 5.20. The number of nitrogens with zero attached hydrogens (tertiary/aromatic N) is 1. The van der Waals surface area contributed by atoms with Gasteiger partial charge < -0.3 is 5.32 Å². The maximum atomic E-state index is 3.62. The van der Waals surface area contributed by atoms with Crippen molar-refractivity contribution in [1.82, 2.24) is 10.2 Å². The molecule has 1 aliphatic carbocycles. The number of rotatable bonds is 4. The molecule has 1 unspecified atom stereocenters. The van der Waals surface area contributed by atoms with Crippen molar-refractivity contribution in [3.63, 3.8) is 0 Å². The summed E-state index contributed by atoms with van der Waals surface area (Å²) in [6.07, 6.45) is 8.18. The summed E-state index contributed by atoms with van der Waals surface area (Å²) in [7, 11) is 0. The van der Waals surface area contributed by atoms with Gasteiger partial charge in [0, 0.05) is 18.1 Å². The van der Waals surface area contributed by atoms with Crippen molar-refractivity contribution in [3.05, 3.63) is 35.9 Å². The van der Waals surface area contributed by atoms with Gasteiger partial charge in [0.1, 0.15) is 0 Å². The molecule has 1 aromatic rings. The van der Waals surface area contributed by atoms with Crippen LogP contribution in [0.5, 0.6) is 0 Å². The molecular weight excluding hydrogens is 244 g/mol. The highest BCUT2D eigenvalue weighted by atomic mass is 15.2. The molecule has 20 heavy (non-hydrogen) atoms. The molecule has 0 radical (unpaired) electrons. The predicted octanol–water partition coefficient (Wildman–Crippen LogP) is 3.74. The first kappa shape index (κ1) is 14.1. The van der Waals surface area contributed by atoms with Crippen LogP contribution in [0.25, 0.3) is 0 Å². The van der Waals surface area contributed by atoms with Gasteiger partial charge in [-0.15, -0.1) is 0 Å². The summed E-state index contributed by atoms with van der Waals surface area (Å²) in [6, 6.07) is 13.4. The van der Waals surface area contributed by atoms with E-state index in [1.165, 1.54) is 50.6 Å². The second-order valence-corrected chi connectivity index (χ2v) is 6.37. The van der Waals surface area contributed by atoms with E-state index in [1.54, 1.807) is 0 Å². The van der Waals surface area contributed by atoms with Crippen molar-refractivity contribution in [2.24, 2.45) is 0 Å². The first-order valence-electron chi connectivity index (χ1n) is 8.42. The van der Waals surface area contributed by atoms with Crippen LogP contribution in [0.15, 0.2) is 30.3 Å². The fourth-order valence-electron chi connectivity index (χ4n) is 4.16. The lowest BCUT2D eigenvalue weighted by atomic mass is 9.89. The quantitative estimate of drug-likeness (QED) is 0.898. The topological polar surface area (TPSA) is 15.3 Å². The molecule has 3 rings (SSSR count). The Kier molecular flexibility index (Phi) is 4.74. The van der Waals surface area contributed by atoms with E-state index in [0.29, 0.717) is 6.04 Å². The van der Waals surface area contributed by atoms with Crippen molar-refractivity contribution >= 4 is 0 Å². The van der Waals surface area contributed by atoms with Crippen LogP contribution in [0.4, 0.5) is 0 Å². The Balaban J connectivity index is 1.62. The van der Waals surface area contributed by atoms with Crippen molar-refractivity contribution in [1.29, 1.82) is 0 Å². The molecule has 1 saturated carbocycles. The van der Waals surface area contributed by atoms with E-state index in [4.69, 9.17) is 0 Å². The van der Waals surface area contributed by atoms with Gasteiger partial charge in [0.2, 0.25) is 0 Å². The number of hydrogen-bond acceptors (Lipinski definition) is 2. The van der Waals surface area contributed by atoms with E-state index in [1.807, 2.05) is 0 Å². The van der Waals surface area contributed by atoms with E-state index in [9.17, 15) is 0 Å². The summed E-state index contributed by atoms with van der Waals surface area (Å²) < 4.78 is 0. The zero-order valence-corrected chi connectivity index (χ0v) is 12.7. The molecule has 2 heteroatoms. The van der Waals surface area contributed by atoms with Crippen LogP contribution in [-0.2, 0) is 0 Å². The minimum atomic E-state index is 0.678. The van der Waals surface area contributed by atoms with Gasteiger partial charge in [0.15, 0.2) is 0 Å². The molecular formula is C18H28N2. The predicted molar refractivity (Wildman–Crippen MR) is 84.8 cm³/mol. The fraction of sp³-hybridized carbons (Fsp3) is 0.667. The molecule has 2 aliphatic rings. The second-order valence-electron chi connectivity index (χ2n) is 6.37. The average molecular weight is 272 g/mol. The van der Waals surface area contributed by atoms with Crippen LogP contribution in [0.3, 0.4) is 0 Å². The van der Waals surface area contributed by atoms with Gasteiger partial charge in [-0.1, -0.05) is 37.3 Å². The summed E-state index contributed by atoms with van der Waals surface area (Å²) in [5, 5.41) is 3.62. The molecule has 0 amide bonds. The number of likely N-dealkylation sites (tertiary alicyclic amines) is 1. The Morgan fingerprint density at radius 1 is 1.05 bits per heavy atom. The summed E-state index contributed by atoms with van der Waals surface area (Å²) in [5.41, 5.74) is 1.53. The standard InChI is InChI=1S/C18H28N2/c1-2-19-16-10-12-17(13-11-16)20-14-6-9-18(20)15-7-4-3-5-8-15/h3-5,7-8,16-19H,2,6,9-14H2,1H3. The van der Waals surface area contributed by atoms with Gasteiger partial charge in [-0.3, -0.25) is 4.90 Å². The van der Waals surface area contributed by atoms with Crippen LogP contribution in [0.2, 0.25) is 0 Å². The molecule has 1 aliphatic heterocycles. The third-order valence-corrected chi connectivity index (χ3v) is 5.14. The lowest BCUT2D eigenvalue weighted by molar-refractivity contribution is 0.131. The second kappa shape index (κ2) is 6.73. The SMILES string of the molecule is CCNC1CCC(N2CCCC2c2ccccc2)CC1. The van der Waals surface area contributed by atoms with Crippen molar-refractivity contribution in [2.75, 3.05) is 13.1 Å². The van der Waals surface area contributed by atoms with Crippen LogP contribution in [0.1, 0.15) is 57.1 Å². The number of benzene rings is 1. The highest BCUT2D eigenvalue weighted by Crippen LogP contribution is 2.37.